The van der Waals surface area contributed by atoms with Crippen molar-refractivity contribution in [2.75, 3.05) is 31.6 Å². The zero-order chi connectivity index (χ0) is 15.8. The first-order valence-corrected chi connectivity index (χ1v) is 6.07. The van der Waals surface area contributed by atoms with E-state index in [2.05, 4.69) is 4.98 Å². The number of carbonyl (C=O) groups is 2. The summed E-state index contributed by atoms with van der Waals surface area (Å²) in [5, 5.41) is 0. The molecule has 0 saturated carbocycles. The molecule has 1 aromatic rings. The molecule has 0 unspecified atom stereocenters. The summed E-state index contributed by atoms with van der Waals surface area (Å²) >= 11 is 0. The third-order valence-corrected chi connectivity index (χ3v) is 3.19. The first-order valence-electron chi connectivity index (χ1n) is 6.07. The largest absolute Gasteiger partial charge is 0.433 e. The molecule has 114 valence electrons. The van der Waals surface area contributed by atoms with Crippen LogP contribution in [0.5, 0.6) is 0 Å². The van der Waals surface area contributed by atoms with E-state index in [0.717, 1.165) is 6.07 Å². The fourth-order valence-electron chi connectivity index (χ4n) is 1.98. The highest BCUT2D eigenvalue weighted by atomic mass is 19.4. The minimum atomic E-state index is -4.64. The van der Waals surface area contributed by atoms with Crippen LogP contribution in [0.2, 0.25) is 0 Å². The number of carbonyl (C=O) groups excluding carboxylic acids is 2. The number of nitrogens with zero attached hydrogens (tertiary/aromatic N) is 3. The van der Waals surface area contributed by atoms with Gasteiger partial charge in [-0.25, -0.2) is 4.98 Å². The van der Waals surface area contributed by atoms with Gasteiger partial charge in [-0.3, -0.25) is 9.59 Å². The van der Waals surface area contributed by atoms with Crippen LogP contribution in [0.1, 0.15) is 16.1 Å². The van der Waals surface area contributed by atoms with Crippen LogP contribution < -0.4 is 10.6 Å². The molecule has 0 aliphatic carbocycles. The summed E-state index contributed by atoms with van der Waals surface area (Å²) < 4.78 is 38.2. The second-order valence-electron chi connectivity index (χ2n) is 4.67. The molecule has 0 aromatic carbocycles. The van der Waals surface area contributed by atoms with E-state index in [1.54, 1.807) is 7.05 Å². The first-order chi connectivity index (χ1) is 9.70. The van der Waals surface area contributed by atoms with Crippen LogP contribution in [-0.2, 0) is 11.0 Å². The van der Waals surface area contributed by atoms with E-state index < -0.39 is 17.8 Å². The van der Waals surface area contributed by atoms with Gasteiger partial charge in [-0.1, -0.05) is 0 Å². The Hall–Kier alpha value is -2.32. The number of amides is 2. The molecule has 1 saturated heterocycles. The summed E-state index contributed by atoms with van der Waals surface area (Å²) in [6, 6.07) is 1.68. The molecule has 2 rings (SSSR count). The van der Waals surface area contributed by atoms with Gasteiger partial charge < -0.3 is 15.5 Å². The maximum Gasteiger partial charge on any atom is 0.433 e. The van der Waals surface area contributed by atoms with Crippen molar-refractivity contribution in [1.29, 1.82) is 0 Å². The molecular formula is C12H13F3N4O2. The zero-order valence-electron chi connectivity index (χ0n) is 11.1. The Morgan fingerprint density at radius 2 is 2.00 bits per heavy atom. The van der Waals surface area contributed by atoms with Gasteiger partial charge in [0.15, 0.2) is 0 Å². The van der Waals surface area contributed by atoms with Crippen molar-refractivity contribution in [2.45, 2.75) is 6.18 Å². The van der Waals surface area contributed by atoms with Crippen molar-refractivity contribution in [3.8, 4) is 0 Å². The number of hydrogen-bond donors (Lipinski definition) is 1. The first kappa shape index (κ1) is 15.1. The van der Waals surface area contributed by atoms with Crippen LogP contribution in [0.15, 0.2) is 12.1 Å². The van der Waals surface area contributed by atoms with Crippen molar-refractivity contribution in [1.82, 2.24) is 9.88 Å². The van der Waals surface area contributed by atoms with E-state index in [9.17, 15) is 22.8 Å². The van der Waals surface area contributed by atoms with E-state index in [1.165, 1.54) is 9.80 Å². The molecule has 1 fully saturated rings. The fourth-order valence-corrected chi connectivity index (χ4v) is 1.98. The molecule has 6 nitrogen and oxygen atoms in total. The highest BCUT2D eigenvalue weighted by Crippen LogP contribution is 2.30. The van der Waals surface area contributed by atoms with Gasteiger partial charge in [-0.15, -0.1) is 0 Å². The standard InChI is InChI=1S/C12H13F3N4O2/c1-18-4-5-19(6-9(18)20)11-7(10(16)21)2-3-8(17-11)12(13,14)15/h2-3H,4-6H2,1H3,(H2,16,21). The fraction of sp³-hybridized carbons (Fsp3) is 0.417. The third-order valence-electron chi connectivity index (χ3n) is 3.19. The number of nitrogens with two attached hydrogens (primary N) is 1. The Labute approximate surface area is 118 Å². The molecule has 1 aromatic heterocycles. The number of piperazine rings is 1. The number of primary amides is 1. The SMILES string of the molecule is CN1CCN(c2nc(C(F)(F)F)ccc2C(N)=O)CC1=O. The van der Waals surface area contributed by atoms with Crippen molar-refractivity contribution >= 4 is 17.6 Å². The molecule has 21 heavy (non-hydrogen) atoms. The molecule has 2 amide bonds. The van der Waals surface area contributed by atoms with Crippen LogP contribution in [0, 0.1) is 0 Å². The zero-order valence-corrected chi connectivity index (χ0v) is 11.1. The van der Waals surface area contributed by atoms with E-state index in [0.29, 0.717) is 12.6 Å². The second-order valence-corrected chi connectivity index (χ2v) is 4.67. The van der Waals surface area contributed by atoms with Gasteiger partial charge in [0.25, 0.3) is 5.91 Å². The lowest BCUT2D eigenvalue weighted by Gasteiger charge is -2.33. The molecular weight excluding hydrogens is 289 g/mol. The summed E-state index contributed by atoms with van der Waals surface area (Å²) in [5.41, 5.74) is 3.89. The minimum Gasteiger partial charge on any atom is -0.365 e. The molecule has 0 spiro atoms. The normalized spacial score (nSPS) is 16.3. The maximum absolute atomic E-state index is 12.7. The number of aromatic nitrogens is 1. The number of alkyl halides is 3. The van der Waals surface area contributed by atoms with Crippen LogP contribution in [0.25, 0.3) is 0 Å². The quantitative estimate of drug-likeness (QED) is 0.861. The highest BCUT2D eigenvalue weighted by molar-refractivity contribution is 5.98. The van der Waals surface area contributed by atoms with Crippen molar-refractivity contribution < 1.29 is 22.8 Å². The topological polar surface area (TPSA) is 79.5 Å². The van der Waals surface area contributed by atoms with Gasteiger partial charge in [0.1, 0.15) is 11.5 Å². The van der Waals surface area contributed by atoms with Gasteiger partial charge >= 0.3 is 6.18 Å². The number of anilines is 1. The monoisotopic (exact) mass is 302 g/mol. The summed E-state index contributed by atoms with van der Waals surface area (Å²) in [4.78, 5) is 29.3. The Bertz CT molecular complexity index is 588. The van der Waals surface area contributed by atoms with E-state index in [1.807, 2.05) is 0 Å². The minimum absolute atomic E-state index is 0.139. The van der Waals surface area contributed by atoms with Crippen LogP contribution in [0.3, 0.4) is 0 Å². The van der Waals surface area contributed by atoms with Gasteiger partial charge in [0.2, 0.25) is 5.91 Å². The molecule has 0 bridgehead atoms. The van der Waals surface area contributed by atoms with Gasteiger partial charge in [0.05, 0.1) is 12.1 Å². The van der Waals surface area contributed by atoms with Crippen LogP contribution in [-0.4, -0.2) is 48.4 Å². The number of pyridine rings is 1. The lowest BCUT2D eigenvalue weighted by atomic mass is 10.2. The maximum atomic E-state index is 12.7. The van der Waals surface area contributed by atoms with Crippen LogP contribution in [0.4, 0.5) is 19.0 Å². The third kappa shape index (κ3) is 3.06. The molecule has 0 atom stereocenters. The summed E-state index contributed by atoms with van der Waals surface area (Å²) in [5.74, 6) is -1.37. The van der Waals surface area contributed by atoms with Crippen molar-refractivity contribution in [2.24, 2.45) is 5.73 Å². The van der Waals surface area contributed by atoms with Gasteiger partial charge in [-0.2, -0.15) is 13.2 Å². The van der Waals surface area contributed by atoms with Crippen molar-refractivity contribution in [3.63, 3.8) is 0 Å². The predicted molar refractivity (Wildman–Crippen MR) is 67.6 cm³/mol. The smallest absolute Gasteiger partial charge is 0.365 e. The highest BCUT2D eigenvalue weighted by Gasteiger charge is 2.35. The summed E-state index contributed by atoms with van der Waals surface area (Å²) in [7, 11) is 1.59. The summed E-state index contributed by atoms with van der Waals surface area (Å²) in [6.07, 6.45) is -4.64. The molecule has 1 aliphatic rings. The summed E-state index contributed by atoms with van der Waals surface area (Å²) in [6.45, 7) is 0.455. The molecule has 0 radical (unpaired) electrons. The molecule has 1 aliphatic heterocycles. The number of hydrogen-bond acceptors (Lipinski definition) is 4. The second kappa shape index (κ2) is 5.23. The number of likely N-dealkylation sites (N-methyl/N-ethyl adjacent to an activating group) is 1. The average Bonchev–Trinajstić information content (AvgIpc) is 2.40. The van der Waals surface area contributed by atoms with Gasteiger partial charge in [0, 0.05) is 20.1 Å². The van der Waals surface area contributed by atoms with Gasteiger partial charge in [-0.05, 0) is 12.1 Å². The lowest BCUT2D eigenvalue weighted by molar-refractivity contribution is -0.141. The predicted octanol–water partition coefficient (Wildman–Crippen LogP) is 0.478. The van der Waals surface area contributed by atoms with E-state index in [-0.39, 0.29) is 30.4 Å². The average molecular weight is 302 g/mol. The van der Waals surface area contributed by atoms with Crippen molar-refractivity contribution in [3.05, 3.63) is 23.4 Å². The molecule has 2 heterocycles. The number of halogens is 3. The van der Waals surface area contributed by atoms with E-state index in [4.69, 9.17) is 5.73 Å². The molecule has 2 N–H and O–H groups in total. The Morgan fingerprint density at radius 1 is 1.33 bits per heavy atom. The van der Waals surface area contributed by atoms with E-state index >= 15 is 0 Å². The Kier molecular flexibility index (Phi) is 3.75. The lowest BCUT2D eigenvalue weighted by Crippen LogP contribution is -2.49. The Morgan fingerprint density at radius 3 is 2.52 bits per heavy atom. The number of rotatable bonds is 2. The molecule has 9 heteroatoms. The Balaban J connectivity index is 2.44. The van der Waals surface area contributed by atoms with Crippen LogP contribution >= 0.6 is 0 Å².